The normalized spacial score (nSPS) is 44.9. The van der Waals surface area contributed by atoms with Crippen LogP contribution in [0.3, 0.4) is 0 Å². The summed E-state index contributed by atoms with van der Waals surface area (Å²) in [5.41, 5.74) is 6.83. The molecule has 1 N–H and O–H groups in total. The number of piperidine rings is 2. The Morgan fingerprint density at radius 1 is 0.963 bits per heavy atom. The van der Waals surface area contributed by atoms with Gasteiger partial charge in [0.15, 0.2) is 0 Å². The smallest absolute Gasteiger partial charge is 0.229 e. The van der Waals surface area contributed by atoms with E-state index in [0.29, 0.717) is 47.8 Å². The highest BCUT2D eigenvalue weighted by molar-refractivity contribution is 5.99. The molecule has 4 saturated carbocycles. The Labute approximate surface area is 331 Å². The molecule has 7 nitrogen and oxygen atoms in total. The Balaban J connectivity index is 0.000000140. The first-order chi connectivity index (χ1) is 25.5. The number of para-hydroxylation sites is 1. The number of carbonyl (C=O) groups is 1. The van der Waals surface area contributed by atoms with Crippen LogP contribution in [0.1, 0.15) is 96.5 Å². The van der Waals surface area contributed by atoms with E-state index in [1.165, 1.54) is 88.7 Å². The standard InChI is InChI=1S/C25H44N2O.C21H22N2O2.ClH/c1-24-13-11-19(28)17-18(24)7-8-20-21-9-10-23(25(21,2)14-12-22(20)24)27(5)16-6-15-26(3)4;24-18-10-16-19-13-9-17-21(6-7-22(17)11-12(13)5-8-25-16)14-3-1-2-4-15(14)23(18)20(19)21;/h7,19-23,28H,6,8-17H2,1-5H3;1-5,13,16-17,19-20H,6-11H2;1H/t19-,20-,21-,22-,23-,24-,25-;13-,16-,17-,19-,20-,21+;/m00./s1. The first-order valence-electron chi connectivity index (χ1n) is 21.7. The predicted octanol–water partition coefficient (Wildman–Crippen LogP) is 7.08. The van der Waals surface area contributed by atoms with Crippen LogP contribution in [-0.2, 0) is 14.9 Å². The molecule has 1 amide bonds. The number of hydrogen-bond acceptors (Lipinski definition) is 6. The predicted molar refractivity (Wildman–Crippen MR) is 218 cm³/mol. The fraction of sp³-hybridized carbons (Fsp3) is 0.761. The molecule has 10 aliphatic rings. The first-order valence-corrected chi connectivity index (χ1v) is 21.7. The Bertz CT molecular complexity index is 1700. The van der Waals surface area contributed by atoms with E-state index in [-0.39, 0.29) is 35.9 Å². The maximum absolute atomic E-state index is 13.2. The van der Waals surface area contributed by atoms with Crippen molar-refractivity contribution in [3.8, 4) is 0 Å². The van der Waals surface area contributed by atoms with E-state index in [2.05, 4.69) is 91.0 Å². The molecule has 1 aromatic carbocycles. The number of nitrogens with zero attached hydrogens (tertiary/aromatic N) is 4. The van der Waals surface area contributed by atoms with E-state index < -0.39 is 0 Å². The number of benzene rings is 1. The number of allylic oxidation sites excluding steroid dienone is 1. The highest BCUT2D eigenvalue weighted by Gasteiger charge is 2.71. The molecule has 0 radical (unpaired) electrons. The Kier molecular flexibility index (Phi) is 9.59. The topological polar surface area (TPSA) is 59.5 Å². The molecule has 1 spiro atoms. The summed E-state index contributed by atoms with van der Waals surface area (Å²) < 4.78 is 6.25. The second-order valence-electron chi connectivity index (χ2n) is 20.2. The lowest BCUT2D eigenvalue weighted by atomic mass is 9.48. The van der Waals surface area contributed by atoms with Crippen LogP contribution in [0.4, 0.5) is 5.69 Å². The molecule has 5 aliphatic carbocycles. The number of halogens is 1. The third kappa shape index (κ3) is 5.33. The first kappa shape index (κ1) is 37.8. The molecule has 54 heavy (non-hydrogen) atoms. The van der Waals surface area contributed by atoms with Gasteiger partial charge in [-0.3, -0.25) is 9.69 Å². The minimum atomic E-state index is -0.0867. The number of aliphatic hydroxyl groups excluding tert-OH is 1. The Morgan fingerprint density at radius 3 is 2.63 bits per heavy atom. The van der Waals surface area contributed by atoms with E-state index in [1.807, 2.05) is 0 Å². The van der Waals surface area contributed by atoms with Gasteiger partial charge in [-0.05, 0) is 158 Å². The highest BCUT2D eigenvalue weighted by atomic mass is 35.5. The molecule has 5 heterocycles. The number of fused-ring (bicyclic) bond motifs is 7. The second-order valence-corrected chi connectivity index (χ2v) is 20.2. The van der Waals surface area contributed by atoms with Crippen molar-refractivity contribution in [1.29, 1.82) is 0 Å². The number of hydrogen-bond donors (Lipinski definition) is 1. The van der Waals surface area contributed by atoms with E-state index in [4.69, 9.17) is 4.74 Å². The number of ether oxygens (including phenoxy) is 1. The third-order valence-corrected chi connectivity index (χ3v) is 17.9. The molecule has 296 valence electrons. The monoisotopic (exact) mass is 758 g/mol. The number of amides is 1. The molecule has 11 rings (SSSR count). The van der Waals surface area contributed by atoms with Gasteiger partial charge in [-0.15, -0.1) is 12.4 Å². The minimum Gasteiger partial charge on any atom is -0.393 e. The van der Waals surface area contributed by atoms with Crippen molar-refractivity contribution in [2.75, 3.05) is 58.8 Å². The molecule has 3 saturated heterocycles. The van der Waals surface area contributed by atoms with Crippen LogP contribution in [0.5, 0.6) is 0 Å². The van der Waals surface area contributed by atoms with E-state index in [9.17, 15) is 9.90 Å². The number of rotatable bonds is 5. The fourth-order valence-electron chi connectivity index (χ4n) is 15.6. The maximum atomic E-state index is 13.2. The van der Waals surface area contributed by atoms with Gasteiger partial charge in [0.25, 0.3) is 0 Å². The van der Waals surface area contributed by atoms with Crippen molar-refractivity contribution in [2.45, 2.75) is 127 Å². The molecule has 8 heteroatoms. The van der Waals surface area contributed by atoms with Gasteiger partial charge >= 0.3 is 0 Å². The van der Waals surface area contributed by atoms with Gasteiger partial charge in [-0.25, -0.2) is 0 Å². The third-order valence-electron chi connectivity index (χ3n) is 17.9. The molecule has 2 bridgehead atoms. The lowest BCUT2D eigenvalue weighted by molar-refractivity contribution is -0.132. The zero-order valence-corrected chi connectivity index (χ0v) is 34.5. The summed E-state index contributed by atoms with van der Waals surface area (Å²) in [7, 11) is 6.76. The van der Waals surface area contributed by atoms with Crippen molar-refractivity contribution >= 4 is 24.0 Å². The summed E-state index contributed by atoms with van der Waals surface area (Å²) in [4.78, 5) is 23.1. The average molecular weight is 760 g/mol. The summed E-state index contributed by atoms with van der Waals surface area (Å²) in [5, 5.41) is 10.2. The van der Waals surface area contributed by atoms with Gasteiger partial charge in [0.2, 0.25) is 5.91 Å². The lowest BCUT2D eigenvalue weighted by Gasteiger charge is -2.58. The number of carbonyl (C=O) groups excluding carboxylic acids is 1. The van der Waals surface area contributed by atoms with Crippen LogP contribution in [0, 0.1) is 40.4 Å². The van der Waals surface area contributed by atoms with Gasteiger partial charge in [0.1, 0.15) is 0 Å². The van der Waals surface area contributed by atoms with Crippen molar-refractivity contribution in [1.82, 2.24) is 14.7 Å². The van der Waals surface area contributed by atoms with Crippen LogP contribution in [0.2, 0.25) is 0 Å². The molecule has 1 aromatic rings. The van der Waals surface area contributed by atoms with Gasteiger partial charge in [0.05, 0.1) is 31.3 Å². The molecule has 7 fully saturated rings. The van der Waals surface area contributed by atoms with Crippen LogP contribution in [-0.4, -0.2) is 110 Å². The van der Waals surface area contributed by atoms with E-state index in [1.54, 1.807) is 11.1 Å². The minimum absolute atomic E-state index is 0. The van der Waals surface area contributed by atoms with Gasteiger partial charge in [-0.1, -0.05) is 55.3 Å². The average Bonchev–Trinajstić information content (AvgIpc) is 3.76. The van der Waals surface area contributed by atoms with Gasteiger partial charge in [-0.2, -0.15) is 0 Å². The molecular formula is C46H67ClN4O3. The number of aliphatic hydroxyl groups is 1. The highest BCUT2D eigenvalue weighted by Crippen LogP contribution is 2.67. The molecule has 0 unspecified atom stereocenters. The van der Waals surface area contributed by atoms with Crippen molar-refractivity contribution in [3.05, 3.63) is 53.1 Å². The maximum Gasteiger partial charge on any atom is 0.229 e. The summed E-state index contributed by atoms with van der Waals surface area (Å²) in [5.74, 6) is 3.98. The van der Waals surface area contributed by atoms with Crippen LogP contribution in [0.25, 0.3) is 0 Å². The van der Waals surface area contributed by atoms with Gasteiger partial charge in [0, 0.05) is 35.6 Å². The largest absolute Gasteiger partial charge is 0.393 e. The van der Waals surface area contributed by atoms with Crippen molar-refractivity contribution in [3.63, 3.8) is 0 Å². The van der Waals surface area contributed by atoms with E-state index >= 15 is 0 Å². The lowest BCUT2D eigenvalue weighted by Crippen LogP contribution is -2.69. The Morgan fingerprint density at radius 2 is 1.80 bits per heavy atom. The number of anilines is 1. The summed E-state index contributed by atoms with van der Waals surface area (Å²) in [6, 6.07) is 10.4. The molecule has 0 aromatic heterocycles. The zero-order chi connectivity index (χ0) is 36.4. The van der Waals surface area contributed by atoms with Crippen LogP contribution >= 0.6 is 12.4 Å². The summed E-state index contributed by atoms with van der Waals surface area (Å²) in [6.45, 7) is 10.6. The molecule has 13 atom stereocenters. The summed E-state index contributed by atoms with van der Waals surface area (Å²) in [6.07, 6.45) is 19.3. The fourth-order valence-corrected chi connectivity index (χ4v) is 15.6. The van der Waals surface area contributed by atoms with Crippen LogP contribution in [0.15, 0.2) is 47.6 Å². The summed E-state index contributed by atoms with van der Waals surface area (Å²) >= 11 is 0. The quantitative estimate of drug-likeness (QED) is 0.325. The van der Waals surface area contributed by atoms with Crippen molar-refractivity contribution < 1.29 is 14.6 Å². The Hall–Kier alpha value is -1.74. The molecular weight excluding hydrogens is 692 g/mol. The van der Waals surface area contributed by atoms with E-state index in [0.717, 1.165) is 43.2 Å². The van der Waals surface area contributed by atoms with Crippen LogP contribution < -0.4 is 4.90 Å². The SMILES string of the molecule is CN(C)CCCN(C)[C@H]1CC[C@H]2[C@@H]3CC=C4C[C@@H](O)CC[C@]4(C)[C@H]3CC[C@]12C.Cl.O=C1C[C@@H]2OCC=C3CN4CC[C@]56c7ccccc7N1[C@H]5[C@H]2[C@H]3C[C@H]46. The zero-order valence-electron chi connectivity index (χ0n) is 33.7. The van der Waals surface area contributed by atoms with Gasteiger partial charge < -0.3 is 24.5 Å². The molecule has 5 aliphatic heterocycles. The second kappa shape index (κ2) is 13.7. The van der Waals surface area contributed by atoms with Crippen molar-refractivity contribution in [2.24, 2.45) is 40.4 Å².